The van der Waals surface area contributed by atoms with Gasteiger partial charge < -0.3 is 5.73 Å². The number of anilines is 1. The van der Waals surface area contributed by atoms with Crippen molar-refractivity contribution in [3.63, 3.8) is 0 Å². The summed E-state index contributed by atoms with van der Waals surface area (Å²) in [6.07, 6.45) is 7.11. The number of aromatic nitrogens is 3. The van der Waals surface area contributed by atoms with E-state index in [1.54, 1.807) is 10.7 Å². The number of nitrogen functional groups attached to an aromatic ring is 1. The quantitative estimate of drug-likeness (QED) is 0.862. The average molecular weight is 230 g/mol. The maximum absolute atomic E-state index is 6.00. The maximum Gasteiger partial charge on any atom is 0.157 e. The lowest BCUT2D eigenvalue weighted by Gasteiger charge is -2.18. The van der Waals surface area contributed by atoms with Gasteiger partial charge in [0, 0.05) is 23.7 Å². The number of hydrogen-bond acceptors (Lipinski definition) is 3. The van der Waals surface area contributed by atoms with E-state index in [4.69, 9.17) is 5.73 Å². The van der Waals surface area contributed by atoms with E-state index in [2.05, 4.69) is 17.0 Å². The standard InChI is InChI=1S/C13H18N4/c1-9(10-4-2-3-5-10)11-8-12(14)17-13(16-11)6-7-15-17/h6-10H,2-5,14H2,1H3/t9-/m0/s1. The van der Waals surface area contributed by atoms with E-state index in [0.29, 0.717) is 11.7 Å². The van der Waals surface area contributed by atoms with Gasteiger partial charge in [0.2, 0.25) is 0 Å². The first-order chi connectivity index (χ1) is 8.25. The van der Waals surface area contributed by atoms with Crippen molar-refractivity contribution in [1.29, 1.82) is 0 Å². The highest BCUT2D eigenvalue weighted by Gasteiger charge is 2.24. The van der Waals surface area contributed by atoms with Gasteiger partial charge in [-0.15, -0.1) is 0 Å². The van der Waals surface area contributed by atoms with Gasteiger partial charge in [0.1, 0.15) is 5.82 Å². The van der Waals surface area contributed by atoms with Crippen molar-refractivity contribution in [1.82, 2.24) is 14.6 Å². The third-order valence-corrected chi connectivity index (χ3v) is 3.98. The fourth-order valence-corrected chi connectivity index (χ4v) is 2.89. The van der Waals surface area contributed by atoms with Crippen molar-refractivity contribution in [2.45, 2.75) is 38.5 Å². The Bertz CT molecular complexity index is 525. The molecular weight excluding hydrogens is 212 g/mol. The lowest BCUT2D eigenvalue weighted by atomic mass is 9.89. The summed E-state index contributed by atoms with van der Waals surface area (Å²) in [6.45, 7) is 2.27. The third-order valence-electron chi connectivity index (χ3n) is 3.98. The van der Waals surface area contributed by atoms with E-state index in [9.17, 15) is 0 Å². The molecular formula is C13H18N4. The molecule has 0 saturated heterocycles. The number of fused-ring (bicyclic) bond motifs is 1. The smallest absolute Gasteiger partial charge is 0.157 e. The molecule has 3 rings (SSSR count). The van der Waals surface area contributed by atoms with Gasteiger partial charge in [-0.25, -0.2) is 4.98 Å². The van der Waals surface area contributed by atoms with Gasteiger partial charge in [-0.05, 0) is 18.8 Å². The summed E-state index contributed by atoms with van der Waals surface area (Å²) < 4.78 is 1.69. The zero-order valence-corrected chi connectivity index (χ0v) is 10.1. The second-order valence-corrected chi connectivity index (χ2v) is 5.04. The van der Waals surface area contributed by atoms with Gasteiger partial charge in [0.15, 0.2) is 5.65 Å². The lowest BCUT2D eigenvalue weighted by molar-refractivity contribution is 0.453. The molecule has 2 heterocycles. The monoisotopic (exact) mass is 230 g/mol. The third kappa shape index (κ3) is 1.77. The summed E-state index contributed by atoms with van der Waals surface area (Å²) in [5.41, 5.74) is 7.96. The summed E-state index contributed by atoms with van der Waals surface area (Å²) in [5.74, 6) is 1.95. The van der Waals surface area contributed by atoms with E-state index in [0.717, 1.165) is 17.3 Å². The molecule has 1 aliphatic carbocycles. The average Bonchev–Trinajstić information content (AvgIpc) is 2.98. The van der Waals surface area contributed by atoms with Crippen LogP contribution in [0.2, 0.25) is 0 Å². The van der Waals surface area contributed by atoms with Gasteiger partial charge in [-0.2, -0.15) is 9.61 Å². The molecule has 0 unspecified atom stereocenters. The first kappa shape index (κ1) is 10.6. The van der Waals surface area contributed by atoms with Crippen LogP contribution in [-0.4, -0.2) is 14.6 Å². The van der Waals surface area contributed by atoms with Crippen LogP contribution in [-0.2, 0) is 0 Å². The van der Waals surface area contributed by atoms with Crippen molar-refractivity contribution in [2.24, 2.45) is 5.92 Å². The van der Waals surface area contributed by atoms with Crippen molar-refractivity contribution >= 4 is 11.5 Å². The van der Waals surface area contributed by atoms with E-state index in [-0.39, 0.29) is 0 Å². The van der Waals surface area contributed by atoms with Crippen LogP contribution in [0.3, 0.4) is 0 Å². The molecule has 1 aliphatic rings. The number of nitrogens with zero attached hydrogens (tertiary/aromatic N) is 3. The zero-order valence-electron chi connectivity index (χ0n) is 10.1. The topological polar surface area (TPSA) is 56.2 Å². The molecule has 17 heavy (non-hydrogen) atoms. The van der Waals surface area contributed by atoms with Gasteiger partial charge >= 0.3 is 0 Å². The molecule has 0 amide bonds. The molecule has 4 heteroatoms. The summed E-state index contributed by atoms with van der Waals surface area (Å²) in [4.78, 5) is 4.66. The minimum absolute atomic E-state index is 0.500. The first-order valence-corrected chi connectivity index (χ1v) is 6.36. The minimum atomic E-state index is 0.500. The largest absolute Gasteiger partial charge is 0.384 e. The molecule has 1 atom stereocenters. The molecule has 0 aromatic carbocycles. The van der Waals surface area contributed by atoms with Crippen molar-refractivity contribution < 1.29 is 0 Å². The number of hydrogen-bond donors (Lipinski definition) is 1. The molecule has 2 aromatic heterocycles. The van der Waals surface area contributed by atoms with Gasteiger partial charge in [0.25, 0.3) is 0 Å². The fourth-order valence-electron chi connectivity index (χ4n) is 2.89. The zero-order chi connectivity index (χ0) is 11.8. The normalized spacial score (nSPS) is 18.9. The van der Waals surface area contributed by atoms with E-state index in [1.807, 2.05) is 12.1 Å². The highest BCUT2D eigenvalue weighted by Crippen LogP contribution is 2.36. The Labute approximate surface area is 101 Å². The second kappa shape index (κ2) is 4.02. The first-order valence-electron chi connectivity index (χ1n) is 6.36. The van der Waals surface area contributed by atoms with Gasteiger partial charge in [-0.3, -0.25) is 0 Å². The fraction of sp³-hybridized carbons (Fsp3) is 0.538. The van der Waals surface area contributed by atoms with Crippen LogP contribution in [0.25, 0.3) is 5.65 Å². The molecule has 0 radical (unpaired) electrons. The van der Waals surface area contributed by atoms with Crippen LogP contribution < -0.4 is 5.73 Å². The van der Waals surface area contributed by atoms with E-state index >= 15 is 0 Å². The number of nitrogens with two attached hydrogens (primary N) is 1. The predicted molar refractivity (Wildman–Crippen MR) is 67.8 cm³/mol. The second-order valence-electron chi connectivity index (χ2n) is 5.04. The maximum atomic E-state index is 6.00. The Hall–Kier alpha value is -1.58. The van der Waals surface area contributed by atoms with Gasteiger partial charge in [-0.1, -0.05) is 19.8 Å². The molecule has 1 saturated carbocycles. The summed E-state index contributed by atoms with van der Waals surface area (Å²) >= 11 is 0. The molecule has 0 bridgehead atoms. The Balaban J connectivity index is 1.98. The Kier molecular flexibility index (Phi) is 2.50. The van der Waals surface area contributed by atoms with Gasteiger partial charge in [0.05, 0.1) is 6.20 Å². The highest BCUT2D eigenvalue weighted by molar-refractivity contribution is 5.47. The van der Waals surface area contributed by atoms with Crippen LogP contribution in [0.15, 0.2) is 18.3 Å². The number of rotatable bonds is 2. The predicted octanol–water partition coefficient (Wildman–Crippen LogP) is 2.61. The Morgan fingerprint density at radius 3 is 2.94 bits per heavy atom. The van der Waals surface area contributed by atoms with E-state index in [1.165, 1.54) is 25.7 Å². The van der Waals surface area contributed by atoms with E-state index < -0.39 is 0 Å². The molecule has 90 valence electrons. The minimum Gasteiger partial charge on any atom is -0.384 e. The Morgan fingerprint density at radius 1 is 1.41 bits per heavy atom. The van der Waals surface area contributed by atoms with Crippen LogP contribution in [0.1, 0.15) is 44.2 Å². The molecule has 2 N–H and O–H groups in total. The summed E-state index contributed by atoms with van der Waals surface area (Å²) in [6, 6.07) is 3.88. The highest BCUT2D eigenvalue weighted by atomic mass is 15.3. The Morgan fingerprint density at radius 2 is 2.18 bits per heavy atom. The SMILES string of the molecule is C[C@H](c1cc(N)n2nccc2n1)C1CCCC1. The van der Waals surface area contributed by atoms with Crippen molar-refractivity contribution in [3.05, 3.63) is 24.0 Å². The van der Waals surface area contributed by atoms with Crippen LogP contribution in [0.5, 0.6) is 0 Å². The van der Waals surface area contributed by atoms with Crippen LogP contribution in [0.4, 0.5) is 5.82 Å². The summed E-state index contributed by atoms with van der Waals surface area (Å²) in [5, 5.41) is 4.15. The molecule has 2 aromatic rings. The lowest BCUT2D eigenvalue weighted by Crippen LogP contribution is -2.10. The van der Waals surface area contributed by atoms with Crippen LogP contribution in [0, 0.1) is 5.92 Å². The van der Waals surface area contributed by atoms with Crippen molar-refractivity contribution in [2.75, 3.05) is 5.73 Å². The molecule has 1 fully saturated rings. The molecule has 0 aliphatic heterocycles. The summed E-state index contributed by atoms with van der Waals surface area (Å²) in [7, 11) is 0. The molecule has 4 nitrogen and oxygen atoms in total. The van der Waals surface area contributed by atoms with Crippen LogP contribution >= 0.6 is 0 Å². The van der Waals surface area contributed by atoms with Crippen molar-refractivity contribution in [3.8, 4) is 0 Å². The molecule has 0 spiro atoms.